The molecule has 0 aliphatic heterocycles. The lowest BCUT2D eigenvalue weighted by Gasteiger charge is -2.26. The van der Waals surface area contributed by atoms with Crippen LogP contribution in [0.5, 0.6) is 28.7 Å². The summed E-state index contributed by atoms with van der Waals surface area (Å²) in [5.74, 6) is 1.79. The van der Waals surface area contributed by atoms with Gasteiger partial charge in [0.05, 0.1) is 0 Å². The average molecular weight is 671 g/mol. The molecule has 0 spiro atoms. The maximum atomic E-state index is 12.0. The molecule has 5 N–H and O–H groups in total. The molecule has 5 heteroatoms. The van der Waals surface area contributed by atoms with Gasteiger partial charge in [0, 0.05) is 24.8 Å². The zero-order chi connectivity index (χ0) is 35.4. The van der Waals surface area contributed by atoms with E-state index in [1.165, 1.54) is 24.8 Å². The Kier molecular flexibility index (Phi) is 10.7. The first-order valence-corrected chi connectivity index (χ1v) is 18.2. The number of hydrogen-bond donors (Lipinski definition) is 5. The van der Waals surface area contributed by atoms with Gasteiger partial charge in [-0.1, -0.05) is 87.7 Å². The van der Waals surface area contributed by atoms with Crippen LogP contribution in [-0.4, -0.2) is 25.5 Å². The van der Waals surface area contributed by atoms with Gasteiger partial charge in [0.1, 0.15) is 28.7 Å². The van der Waals surface area contributed by atoms with Gasteiger partial charge in [0.25, 0.3) is 0 Å². The lowest BCUT2D eigenvalue weighted by atomic mass is 9.79. The second-order valence-corrected chi connectivity index (χ2v) is 14.2. The predicted molar refractivity (Wildman–Crippen MR) is 201 cm³/mol. The summed E-state index contributed by atoms with van der Waals surface area (Å²) in [6.07, 6.45) is 9.43. The number of hydrogen-bond acceptors (Lipinski definition) is 5. The Morgan fingerprint density at radius 2 is 0.920 bits per heavy atom. The molecule has 0 atom stereocenters. The quantitative estimate of drug-likeness (QED) is 0.0963. The summed E-state index contributed by atoms with van der Waals surface area (Å²) in [6, 6.07) is 24.9. The number of phenolic OH excluding ortho intramolecular Hbond substituents is 5. The Morgan fingerprint density at radius 1 is 0.480 bits per heavy atom. The second kappa shape index (κ2) is 15.3. The molecule has 0 saturated heterocycles. The van der Waals surface area contributed by atoms with Crippen LogP contribution in [0.15, 0.2) is 78.9 Å². The van der Waals surface area contributed by atoms with Crippen molar-refractivity contribution >= 4 is 0 Å². The highest BCUT2D eigenvalue weighted by Crippen LogP contribution is 2.43. The molecule has 1 aliphatic rings. The van der Waals surface area contributed by atoms with E-state index in [0.29, 0.717) is 61.7 Å². The van der Waals surface area contributed by atoms with Crippen LogP contribution < -0.4 is 0 Å². The van der Waals surface area contributed by atoms with Gasteiger partial charge in [-0.25, -0.2) is 0 Å². The highest BCUT2D eigenvalue weighted by atomic mass is 16.3. The Morgan fingerprint density at radius 3 is 1.40 bits per heavy atom. The third-order valence-corrected chi connectivity index (χ3v) is 10.7. The van der Waals surface area contributed by atoms with Crippen LogP contribution in [-0.2, 0) is 38.5 Å². The maximum absolute atomic E-state index is 12.0. The molecule has 0 amide bonds. The third kappa shape index (κ3) is 7.78. The molecule has 50 heavy (non-hydrogen) atoms. The Balaban J connectivity index is 1.40. The van der Waals surface area contributed by atoms with Crippen molar-refractivity contribution in [3.05, 3.63) is 146 Å². The van der Waals surface area contributed by atoms with Gasteiger partial charge >= 0.3 is 0 Å². The van der Waals surface area contributed by atoms with E-state index in [2.05, 4.69) is 44.2 Å². The average Bonchev–Trinajstić information content (AvgIpc) is 3.12. The zero-order valence-electron chi connectivity index (χ0n) is 29.6. The van der Waals surface area contributed by atoms with E-state index in [-0.39, 0.29) is 11.5 Å². The van der Waals surface area contributed by atoms with Crippen molar-refractivity contribution in [1.29, 1.82) is 0 Å². The molecule has 1 fully saturated rings. The molecule has 1 aliphatic carbocycles. The summed E-state index contributed by atoms with van der Waals surface area (Å²) in [4.78, 5) is 0. The van der Waals surface area contributed by atoms with Gasteiger partial charge in [-0.05, 0) is 130 Å². The molecule has 0 bridgehead atoms. The van der Waals surface area contributed by atoms with Crippen molar-refractivity contribution in [2.24, 2.45) is 0 Å². The SMILES string of the molecule is CCc1cc(Cc2cc(C3CCCCC3)c(O)c(Cc3cc(CC)c(O)c(Cc4ccc(O)cc4)c3)c2C)cc(Cc2ccc(O)cc2)c1O. The van der Waals surface area contributed by atoms with Crippen molar-refractivity contribution in [2.75, 3.05) is 0 Å². The minimum atomic E-state index is 0.215. The number of phenols is 5. The first-order valence-electron chi connectivity index (χ1n) is 18.2. The highest BCUT2D eigenvalue weighted by molar-refractivity contribution is 5.56. The van der Waals surface area contributed by atoms with E-state index < -0.39 is 0 Å². The molecule has 6 rings (SSSR count). The lowest BCUT2D eigenvalue weighted by molar-refractivity contribution is 0.411. The molecule has 0 aromatic heterocycles. The number of rotatable bonds is 11. The van der Waals surface area contributed by atoms with Gasteiger partial charge in [-0.15, -0.1) is 0 Å². The van der Waals surface area contributed by atoms with E-state index in [9.17, 15) is 25.5 Å². The minimum Gasteiger partial charge on any atom is -0.508 e. The van der Waals surface area contributed by atoms with Crippen LogP contribution in [0.2, 0.25) is 0 Å². The molecule has 0 unspecified atom stereocenters. The Labute approximate surface area is 296 Å². The molecular weight excluding hydrogens is 620 g/mol. The van der Waals surface area contributed by atoms with E-state index in [1.807, 2.05) is 31.2 Å². The molecule has 260 valence electrons. The van der Waals surface area contributed by atoms with Gasteiger partial charge in [-0.2, -0.15) is 0 Å². The summed E-state index contributed by atoms with van der Waals surface area (Å²) < 4.78 is 0. The fraction of sp³-hybridized carbons (Fsp3) is 0.333. The van der Waals surface area contributed by atoms with Crippen molar-refractivity contribution in [3.63, 3.8) is 0 Å². The van der Waals surface area contributed by atoms with Crippen molar-refractivity contribution < 1.29 is 25.5 Å². The normalized spacial score (nSPS) is 13.5. The van der Waals surface area contributed by atoms with E-state index in [1.54, 1.807) is 24.3 Å². The van der Waals surface area contributed by atoms with Crippen LogP contribution in [0.4, 0.5) is 0 Å². The minimum absolute atomic E-state index is 0.215. The van der Waals surface area contributed by atoms with Crippen LogP contribution in [0.3, 0.4) is 0 Å². The lowest BCUT2D eigenvalue weighted by Crippen LogP contribution is -2.09. The summed E-state index contributed by atoms with van der Waals surface area (Å²) in [5.41, 5.74) is 11.9. The topological polar surface area (TPSA) is 101 Å². The summed E-state index contributed by atoms with van der Waals surface area (Å²) in [7, 11) is 0. The van der Waals surface area contributed by atoms with Crippen LogP contribution in [0.1, 0.15) is 119 Å². The number of benzene rings is 5. The first-order chi connectivity index (χ1) is 24.1. The largest absolute Gasteiger partial charge is 0.508 e. The second-order valence-electron chi connectivity index (χ2n) is 14.2. The number of aromatic hydroxyl groups is 5. The molecule has 5 aromatic carbocycles. The van der Waals surface area contributed by atoms with Gasteiger partial charge < -0.3 is 25.5 Å². The summed E-state index contributed by atoms with van der Waals surface area (Å²) in [6.45, 7) is 6.23. The van der Waals surface area contributed by atoms with Crippen molar-refractivity contribution in [3.8, 4) is 28.7 Å². The van der Waals surface area contributed by atoms with Crippen LogP contribution >= 0.6 is 0 Å². The first kappa shape index (κ1) is 34.9. The Bertz CT molecular complexity index is 1950. The van der Waals surface area contributed by atoms with E-state index in [0.717, 1.165) is 74.0 Å². The predicted octanol–water partition coefficient (Wildman–Crippen LogP) is 10.1. The van der Waals surface area contributed by atoms with Gasteiger partial charge in [0.2, 0.25) is 0 Å². The van der Waals surface area contributed by atoms with Gasteiger partial charge in [0.15, 0.2) is 0 Å². The molecular formula is C45H50O5. The molecule has 1 saturated carbocycles. The van der Waals surface area contributed by atoms with E-state index in [4.69, 9.17) is 0 Å². The number of aryl methyl sites for hydroxylation is 2. The smallest absolute Gasteiger partial charge is 0.122 e. The van der Waals surface area contributed by atoms with E-state index >= 15 is 0 Å². The molecule has 5 nitrogen and oxygen atoms in total. The zero-order valence-corrected chi connectivity index (χ0v) is 29.6. The molecule has 5 aromatic rings. The van der Waals surface area contributed by atoms with Crippen LogP contribution in [0, 0.1) is 6.92 Å². The standard InChI is InChI=1S/C45H50O5/c1-4-33-21-31(24-37(43(33)48)19-29-11-15-39(46)16-12-29)23-36-27-42(35-9-7-6-8-10-35)45(50)41(28(36)3)26-32-22-34(5-2)44(49)38(25-32)20-30-13-17-40(47)18-14-30/h11-18,21-22,24-25,27,35,46-50H,4-10,19-20,23,26H2,1-3H3. The summed E-state index contributed by atoms with van der Waals surface area (Å²) in [5, 5.41) is 53.9. The summed E-state index contributed by atoms with van der Waals surface area (Å²) >= 11 is 0. The highest BCUT2D eigenvalue weighted by Gasteiger charge is 2.24. The fourth-order valence-electron chi connectivity index (χ4n) is 7.80. The maximum Gasteiger partial charge on any atom is 0.122 e. The van der Waals surface area contributed by atoms with Gasteiger partial charge in [-0.3, -0.25) is 0 Å². The Hall–Kier alpha value is -4.90. The van der Waals surface area contributed by atoms with Crippen molar-refractivity contribution in [1.82, 2.24) is 0 Å². The van der Waals surface area contributed by atoms with Crippen molar-refractivity contribution in [2.45, 2.75) is 97.3 Å². The monoisotopic (exact) mass is 670 g/mol. The third-order valence-electron chi connectivity index (χ3n) is 10.7. The molecule has 0 heterocycles. The fourth-order valence-corrected chi connectivity index (χ4v) is 7.80. The van der Waals surface area contributed by atoms with Crippen LogP contribution in [0.25, 0.3) is 0 Å². The molecule has 0 radical (unpaired) electrons.